The molecule has 112 valence electrons. The fourth-order valence-corrected chi connectivity index (χ4v) is 3.13. The summed E-state index contributed by atoms with van der Waals surface area (Å²) in [7, 11) is 2.20. The fraction of sp³-hybridized carbons (Fsp3) is 0.562. The molecule has 3 rings (SSSR count). The first-order valence-corrected chi connectivity index (χ1v) is 7.78. The van der Waals surface area contributed by atoms with Crippen LogP contribution in [-0.2, 0) is 13.0 Å². The van der Waals surface area contributed by atoms with Crippen LogP contribution in [0.25, 0.3) is 11.4 Å². The minimum atomic E-state index is 0.713. The highest BCUT2D eigenvalue weighted by Gasteiger charge is 2.18. The zero-order valence-corrected chi connectivity index (χ0v) is 12.9. The standard InChI is InChI=1S/C16H23N5/c1-3-21-16(6-7-19-21)15-11-17-14(10-18-15)9-13-5-4-8-20(2)12-13/h6-7,10-11,13H,3-5,8-9,12H2,1-2H3. The Labute approximate surface area is 126 Å². The van der Waals surface area contributed by atoms with Gasteiger partial charge < -0.3 is 4.90 Å². The molecule has 0 spiro atoms. The molecule has 3 heterocycles. The van der Waals surface area contributed by atoms with Crippen molar-refractivity contribution in [2.45, 2.75) is 32.7 Å². The van der Waals surface area contributed by atoms with Crippen molar-refractivity contribution in [1.82, 2.24) is 24.6 Å². The highest BCUT2D eigenvalue weighted by molar-refractivity contribution is 5.52. The van der Waals surface area contributed by atoms with Crippen LogP contribution in [0.3, 0.4) is 0 Å². The van der Waals surface area contributed by atoms with Gasteiger partial charge >= 0.3 is 0 Å². The lowest BCUT2D eigenvalue weighted by molar-refractivity contribution is 0.208. The van der Waals surface area contributed by atoms with Gasteiger partial charge in [0, 0.05) is 25.5 Å². The molecule has 1 saturated heterocycles. The molecule has 0 radical (unpaired) electrons. The fourth-order valence-electron chi connectivity index (χ4n) is 3.13. The maximum absolute atomic E-state index is 4.61. The van der Waals surface area contributed by atoms with E-state index in [0.717, 1.165) is 30.0 Å². The number of rotatable bonds is 4. The normalized spacial score (nSPS) is 19.8. The monoisotopic (exact) mass is 285 g/mol. The van der Waals surface area contributed by atoms with E-state index in [2.05, 4.69) is 33.9 Å². The van der Waals surface area contributed by atoms with E-state index in [-0.39, 0.29) is 0 Å². The zero-order valence-electron chi connectivity index (χ0n) is 12.9. The van der Waals surface area contributed by atoms with E-state index in [0.29, 0.717) is 5.92 Å². The second kappa shape index (κ2) is 6.35. The summed E-state index contributed by atoms with van der Waals surface area (Å²) in [6.07, 6.45) is 9.25. The van der Waals surface area contributed by atoms with E-state index in [1.54, 1.807) is 0 Å². The lowest BCUT2D eigenvalue weighted by atomic mass is 9.94. The lowest BCUT2D eigenvalue weighted by Gasteiger charge is -2.29. The van der Waals surface area contributed by atoms with Crippen molar-refractivity contribution < 1.29 is 0 Å². The van der Waals surface area contributed by atoms with E-state index >= 15 is 0 Å². The van der Waals surface area contributed by atoms with Crippen molar-refractivity contribution in [3.63, 3.8) is 0 Å². The lowest BCUT2D eigenvalue weighted by Crippen LogP contribution is -2.33. The van der Waals surface area contributed by atoms with Gasteiger partial charge in [-0.25, -0.2) is 0 Å². The maximum atomic E-state index is 4.61. The molecule has 1 aliphatic heterocycles. The van der Waals surface area contributed by atoms with E-state index < -0.39 is 0 Å². The average molecular weight is 285 g/mol. The van der Waals surface area contributed by atoms with Crippen LogP contribution in [0.1, 0.15) is 25.5 Å². The van der Waals surface area contributed by atoms with Crippen LogP contribution in [0, 0.1) is 5.92 Å². The third-order valence-electron chi connectivity index (χ3n) is 4.20. The molecule has 0 amide bonds. The largest absolute Gasteiger partial charge is 0.306 e. The van der Waals surface area contributed by atoms with Crippen molar-refractivity contribution in [3.8, 4) is 11.4 Å². The van der Waals surface area contributed by atoms with Crippen molar-refractivity contribution in [3.05, 3.63) is 30.4 Å². The first kappa shape index (κ1) is 14.2. The van der Waals surface area contributed by atoms with E-state index in [1.165, 1.54) is 25.9 Å². The van der Waals surface area contributed by atoms with Crippen LogP contribution in [0.5, 0.6) is 0 Å². The van der Waals surface area contributed by atoms with Gasteiger partial charge in [-0.3, -0.25) is 14.6 Å². The molecule has 5 heteroatoms. The van der Waals surface area contributed by atoms with Crippen LogP contribution in [0.4, 0.5) is 0 Å². The van der Waals surface area contributed by atoms with Gasteiger partial charge in [-0.2, -0.15) is 5.10 Å². The molecule has 21 heavy (non-hydrogen) atoms. The Kier molecular flexibility index (Phi) is 4.29. The summed E-state index contributed by atoms with van der Waals surface area (Å²) in [4.78, 5) is 11.6. The molecular formula is C16H23N5. The van der Waals surface area contributed by atoms with Crippen molar-refractivity contribution >= 4 is 0 Å². The molecule has 1 atom stereocenters. The number of aromatic nitrogens is 4. The molecule has 0 N–H and O–H groups in total. The number of hydrogen-bond donors (Lipinski definition) is 0. The van der Waals surface area contributed by atoms with Gasteiger partial charge in [-0.1, -0.05) is 0 Å². The third-order valence-corrected chi connectivity index (χ3v) is 4.20. The Hall–Kier alpha value is -1.75. The number of hydrogen-bond acceptors (Lipinski definition) is 4. The van der Waals surface area contributed by atoms with Gasteiger partial charge in [-0.15, -0.1) is 0 Å². The molecule has 0 saturated carbocycles. The summed E-state index contributed by atoms with van der Waals surface area (Å²) in [6.45, 7) is 5.33. The van der Waals surface area contributed by atoms with E-state index in [4.69, 9.17) is 0 Å². The van der Waals surface area contributed by atoms with E-state index in [9.17, 15) is 0 Å². The summed E-state index contributed by atoms with van der Waals surface area (Å²) in [5, 5.41) is 4.28. The molecule has 1 unspecified atom stereocenters. The summed E-state index contributed by atoms with van der Waals surface area (Å²) in [5.41, 5.74) is 3.04. The number of piperidine rings is 1. The van der Waals surface area contributed by atoms with Gasteiger partial charge in [0.15, 0.2) is 0 Å². The van der Waals surface area contributed by atoms with Crippen LogP contribution in [-0.4, -0.2) is 44.8 Å². The quantitative estimate of drug-likeness (QED) is 0.864. The van der Waals surface area contributed by atoms with Gasteiger partial charge in [0.2, 0.25) is 0 Å². The summed E-state index contributed by atoms with van der Waals surface area (Å²) in [5.74, 6) is 0.713. The SMILES string of the molecule is CCn1nccc1-c1cnc(CC2CCCN(C)C2)cn1. The minimum absolute atomic E-state index is 0.713. The molecule has 5 nitrogen and oxygen atoms in total. The van der Waals surface area contributed by atoms with Gasteiger partial charge in [-0.05, 0) is 51.8 Å². The van der Waals surface area contributed by atoms with Crippen molar-refractivity contribution in [2.75, 3.05) is 20.1 Å². The van der Waals surface area contributed by atoms with Crippen LogP contribution >= 0.6 is 0 Å². The Morgan fingerprint density at radius 3 is 2.90 bits per heavy atom. The first-order valence-electron chi connectivity index (χ1n) is 7.78. The Morgan fingerprint density at radius 1 is 1.29 bits per heavy atom. The van der Waals surface area contributed by atoms with Gasteiger partial charge in [0.25, 0.3) is 0 Å². The summed E-state index contributed by atoms with van der Waals surface area (Å²) < 4.78 is 1.94. The topological polar surface area (TPSA) is 46.8 Å². The van der Waals surface area contributed by atoms with Crippen molar-refractivity contribution in [1.29, 1.82) is 0 Å². The molecule has 1 aliphatic rings. The Bertz CT molecular complexity index is 575. The predicted molar refractivity (Wildman–Crippen MR) is 82.9 cm³/mol. The van der Waals surface area contributed by atoms with Gasteiger partial charge in [0.05, 0.1) is 17.6 Å². The third kappa shape index (κ3) is 3.29. The molecule has 0 aromatic carbocycles. The smallest absolute Gasteiger partial charge is 0.107 e. The highest BCUT2D eigenvalue weighted by Crippen LogP contribution is 2.20. The molecule has 0 aliphatic carbocycles. The Balaban J connectivity index is 1.69. The van der Waals surface area contributed by atoms with Gasteiger partial charge in [0.1, 0.15) is 5.69 Å². The number of aryl methyl sites for hydroxylation is 1. The summed E-state index contributed by atoms with van der Waals surface area (Å²) >= 11 is 0. The number of likely N-dealkylation sites (tertiary alicyclic amines) is 1. The molecular weight excluding hydrogens is 262 g/mol. The predicted octanol–water partition coefficient (Wildman–Crippen LogP) is 2.24. The highest BCUT2D eigenvalue weighted by atomic mass is 15.3. The van der Waals surface area contributed by atoms with Crippen molar-refractivity contribution in [2.24, 2.45) is 5.92 Å². The zero-order chi connectivity index (χ0) is 14.7. The average Bonchev–Trinajstić information content (AvgIpc) is 2.96. The van der Waals surface area contributed by atoms with Crippen LogP contribution in [0.15, 0.2) is 24.7 Å². The maximum Gasteiger partial charge on any atom is 0.107 e. The molecule has 2 aromatic heterocycles. The summed E-state index contributed by atoms with van der Waals surface area (Å²) in [6, 6.07) is 1.99. The second-order valence-corrected chi connectivity index (χ2v) is 5.90. The molecule has 2 aromatic rings. The van der Waals surface area contributed by atoms with E-state index in [1.807, 2.05) is 29.3 Å². The first-order chi connectivity index (χ1) is 10.3. The molecule has 0 bridgehead atoms. The van der Waals surface area contributed by atoms with Crippen LogP contribution < -0.4 is 0 Å². The minimum Gasteiger partial charge on any atom is -0.306 e. The second-order valence-electron chi connectivity index (χ2n) is 5.90. The molecule has 1 fully saturated rings. The number of nitrogens with zero attached hydrogens (tertiary/aromatic N) is 5. The Morgan fingerprint density at radius 2 is 2.19 bits per heavy atom. The van der Waals surface area contributed by atoms with Crippen LogP contribution in [0.2, 0.25) is 0 Å².